The Balaban J connectivity index is 2.08. The fourth-order valence-corrected chi connectivity index (χ4v) is 1.69. The maximum absolute atomic E-state index is 12.0. The van der Waals surface area contributed by atoms with Crippen molar-refractivity contribution in [2.75, 3.05) is 24.3 Å². The van der Waals surface area contributed by atoms with E-state index in [1.165, 1.54) is 12.1 Å². The molecule has 2 rings (SSSR count). The van der Waals surface area contributed by atoms with Gasteiger partial charge < -0.3 is 15.3 Å². The lowest BCUT2D eigenvalue weighted by Gasteiger charge is -2.13. The minimum absolute atomic E-state index is 0.0434. The lowest BCUT2D eigenvalue weighted by Crippen LogP contribution is -2.14. The molecule has 0 aliphatic carbocycles. The van der Waals surface area contributed by atoms with Crippen molar-refractivity contribution in [2.45, 2.75) is 0 Å². The van der Waals surface area contributed by atoms with Crippen LogP contribution in [-0.2, 0) is 0 Å². The third kappa shape index (κ3) is 3.56. The van der Waals surface area contributed by atoms with Gasteiger partial charge in [-0.15, -0.1) is 0 Å². The van der Waals surface area contributed by atoms with E-state index < -0.39 is 5.97 Å². The molecular weight excluding hydrogens is 270 g/mol. The second-order valence-corrected chi connectivity index (χ2v) is 4.63. The quantitative estimate of drug-likeness (QED) is 0.899. The summed E-state index contributed by atoms with van der Waals surface area (Å²) < 4.78 is 0. The number of hydrogen-bond acceptors (Lipinski definition) is 4. The molecule has 108 valence electrons. The molecule has 21 heavy (non-hydrogen) atoms. The lowest BCUT2D eigenvalue weighted by molar-refractivity contribution is 0.0696. The van der Waals surface area contributed by atoms with Crippen molar-refractivity contribution in [3.05, 3.63) is 53.9 Å². The molecule has 1 aromatic carbocycles. The molecule has 6 heteroatoms. The average Bonchev–Trinajstić information content (AvgIpc) is 2.47. The van der Waals surface area contributed by atoms with Gasteiger partial charge in [0.1, 0.15) is 5.69 Å². The first-order chi connectivity index (χ1) is 9.97. The van der Waals surface area contributed by atoms with E-state index in [0.717, 1.165) is 11.9 Å². The van der Waals surface area contributed by atoms with E-state index in [0.29, 0.717) is 5.69 Å². The summed E-state index contributed by atoms with van der Waals surface area (Å²) in [7, 11) is 3.86. The molecule has 1 heterocycles. The van der Waals surface area contributed by atoms with Gasteiger partial charge in [-0.25, -0.2) is 4.79 Å². The molecular formula is C15H15N3O3. The van der Waals surface area contributed by atoms with Gasteiger partial charge in [0.25, 0.3) is 5.91 Å². The molecule has 0 aliphatic rings. The van der Waals surface area contributed by atoms with E-state index in [9.17, 15) is 9.59 Å². The zero-order chi connectivity index (χ0) is 15.4. The summed E-state index contributed by atoms with van der Waals surface area (Å²) in [5.74, 6) is -1.46. The Morgan fingerprint density at radius 1 is 1.10 bits per heavy atom. The first-order valence-electron chi connectivity index (χ1n) is 6.25. The van der Waals surface area contributed by atoms with E-state index in [2.05, 4.69) is 10.3 Å². The van der Waals surface area contributed by atoms with Crippen LogP contribution in [0.1, 0.15) is 20.8 Å². The molecule has 0 atom stereocenters. The summed E-state index contributed by atoms with van der Waals surface area (Å²) in [6.45, 7) is 0. The molecule has 1 aromatic heterocycles. The van der Waals surface area contributed by atoms with Gasteiger partial charge in [0.2, 0.25) is 0 Å². The second kappa shape index (κ2) is 6.04. The van der Waals surface area contributed by atoms with E-state index in [1.54, 1.807) is 12.1 Å². The highest BCUT2D eigenvalue weighted by Gasteiger charge is 2.09. The molecule has 1 amide bonds. The highest BCUT2D eigenvalue weighted by Crippen LogP contribution is 2.16. The van der Waals surface area contributed by atoms with Crippen LogP contribution in [0.5, 0.6) is 0 Å². The SMILES string of the molecule is CN(C)c1ccc(NC(=O)c2ccc(C(=O)O)cn2)cc1. The minimum atomic E-state index is -1.08. The number of aromatic carboxylic acids is 1. The van der Waals surface area contributed by atoms with Gasteiger partial charge in [-0.2, -0.15) is 0 Å². The Bertz CT molecular complexity index is 649. The third-order valence-electron chi connectivity index (χ3n) is 2.88. The zero-order valence-corrected chi connectivity index (χ0v) is 11.7. The van der Waals surface area contributed by atoms with E-state index in [1.807, 2.05) is 31.1 Å². The highest BCUT2D eigenvalue weighted by molar-refractivity contribution is 6.03. The summed E-state index contributed by atoms with van der Waals surface area (Å²) in [6.07, 6.45) is 1.16. The first-order valence-corrected chi connectivity index (χ1v) is 6.25. The van der Waals surface area contributed by atoms with Crippen LogP contribution >= 0.6 is 0 Å². The van der Waals surface area contributed by atoms with Crippen molar-refractivity contribution >= 4 is 23.3 Å². The number of rotatable bonds is 4. The second-order valence-electron chi connectivity index (χ2n) is 4.63. The summed E-state index contributed by atoms with van der Waals surface area (Å²) in [5.41, 5.74) is 1.88. The van der Waals surface area contributed by atoms with Crippen LogP contribution in [0.3, 0.4) is 0 Å². The molecule has 6 nitrogen and oxygen atoms in total. The van der Waals surface area contributed by atoms with Crippen LogP contribution in [0.2, 0.25) is 0 Å². The van der Waals surface area contributed by atoms with Crippen molar-refractivity contribution in [3.8, 4) is 0 Å². The topological polar surface area (TPSA) is 82.5 Å². The average molecular weight is 285 g/mol. The Morgan fingerprint density at radius 3 is 2.24 bits per heavy atom. The Labute approximate surface area is 122 Å². The Kier molecular flexibility index (Phi) is 4.18. The van der Waals surface area contributed by atoms with Crippen molar-refractivity contribution < 1.29 is 14.7 Å². The third-order valence-corrected chi connectivity index (χ3v) is 2.88. The number of carboxylic acids is 1. The predicted molar refractivity (Wildman–Crippen MR) is 79.9 cm³/mol. The van der Waals surface area contributed by atoms with Gasteiger partial charge in [0, 0.05) is 31.7 Å². The van der Waals surface area contributed by atoms with Crippen molar-refractivity contribution in [1.82, 2.24) is 4.98 Å². The maximum Gasteiger partial charge on any atom is 0.337 e. The smallest absolute Gasteiger partial charge is 0.337 e. The number of hydrogen-bond donors (Lipinski definition) is 2. The molecule has 0 saturated heterocycles. The summed E-state index contributed by atoms with van der Waals surface area (Å²) in [5, 5.41) is 11.5. The number of aromatic nitrogens is 1. The number of nitrogens with one attached hydrogen (secondary N) is 1. The van der Waals surface area contributed by atoms with Crippen molar-refractivity contribution in [3.63, 3.8) is 0 Å². The number of amides is 1. The van der Waals surface area contributed by atoms with E-state index in [4.69, 9.17) is 5.11 Å². The molecule has 0 radical (unpaired) electrons. The molecule has 2 N–H and O–H groups in total. The number of carbonyl (C=O) groups is 2. The normalized spacial score (nSPS) is 10.0. The number of nitrogens with zero attached hydrogens (tertiary/aromatic N) is 2. The largest absolute Gasteiger partial charge is 0.478 e. The molecule has 0 aliphatic heterocycles. The van der Waals surface area contributed by atoms with E-state index in [-0.39, 0.29) is 17.2 Å². The number of anilines is 2. The molecule has 2 aromatic rings. The number of carbonyl (C=O) groups excluding carboxylic acids is 1. The van der Waals surface area contributed by atoms with Gasteiger partial charge >= 0.3 is 5.97 Å². The number of carboxylic acid groups (broad SMARTS) is 1. The monoisotopic (exact) mass is 285 g/mol. The van der Waals surface area contributed by atoms with Crippen LogP contribution in [0, 0.1) is 0 Å². The standard InChI is InChI=1S/C15H15N3O3/c1-18(2)12-6-4-11(5-7-12)17-14(19)13-8-3-10(9-16-13)15(20)21/h3-9H,1-2H3,(H,17,19)(H,20,21). The van der Waals surface area contributed by atoms with Crippen LogP contribution in [0.15, 0.2) is 42.6 Å². The molecule has 0 bridgehead atoms. The zero-order valence-electron chi connectivity index (χ0n) is 11.7. The maximum atomic E-state index is 12.0. The molecule has 0 fully saturated rings. The van der Waals surface area contributed by atoms with Crippen LogP contribution in [-0.4, -0.2) is 36.1 Å². The minimum Gasteiger partial charge on any atom is -0.478 e. The van der Waals surface area contributed by atoms with Crippen LogP contribution in [0.25, 0.3) is 0 Å². The predicted octanol–water partition coefficient (Wildman–Crippen LogP) is 2.10. The summed E-state index contributed by atoms with van der Waals surface area (Å²) >= 11 is 0. The van der Waals surface area contributed by atoms with Crippen LogP contribution in [0.4, 0.5) is 11.4 Å². The first kappa shape index (κ1) is 14.5. The van der Waals surface area contributed by atoms with Gasteiger partial charge in [0.05, 0.1) is 5.56 Å². The fraction of sp³-hybridized carbons (Fsp3) is 0.133. The van der Waals surface area contributed by atoms with E-state index >= 15 is 0 Å². The lowest BCUT2D eigenvalue weighted by atomic mass is 10.2. The Morgan fingerprint density at radius 2 is 1.76 bits per heavy atom. The van der Waals surface area contributed by atoms with Gasteiger partial charge in [0.15, 0.2) is 0 Å². The fourth-order valence-electron chi connectivity index (χ4n) is 1.69. The molecule has 0 unspecified atom stereocenters. The number of pyridine rings is 1. The van der Waals surface area contributed by atoms with Crippen molar-refractivity contribution in [1.29, 1.82) is 0 Å². The number of benzene rings is 1. The summed E-state index contributed by atoms with van der Waals surface area (Å²) in [4.78, 5) is 28.5. The van der Waals surface area contributed by atoms with Gasteiger partial charge in [-0.1, -0.05) is 0 Å². The van der Waals surface area contributed by atoms with Gasteiger partial charge in [-0.05, 0) is 36.4 Å². The Hall–Kier alpha value is -2.89. The van der Waals surface area contributed by atoms with Gasteiger partial charge in [-0.3, -0.25) is 9.78 Å². The highest BCUT2D eigenvalue weighted by atomic mass is 16.4. The molecule has 0 saturated carbocycles. The van der Waals surface area contributed by atoms with Crippen LogP contribution < -0.4 is 10.2 Å². The van der Waals surface area contributed by atoms with Crippen molar-refractivity contribution in [2.24, 2.45) is 0 Å². The summed E-state index contributed by atoms with van der Waals surface area (Å²) in [6, 6.07) is 10.1. The molecule has 0 spiro atoms.